The van der Waals surface area contributed by atoms with E-state index in [2.05, 4.69) is 0 Å². The normalized spacial score (nSPS) is 11.1. The van der Waals surface area contributed by atoms with Crippen molar-refractivity contribution < 1.29 is 17.9 Å². The maximum absolute atomic E-state index is 13.0. The molecule has 0 aromatic heterocycles. The lowest BCUT2D eigenvalue weighted by Gasteiger charge is -2.23. The van der Waals surface area contributed by atoms with E-state index in [1.165, 1.54) is 4.31 Å². The zero-order chi connectivity index (χ0) is 22.4. The van der Waals surface area contributed by atoms with Crippen molar-refractivity contribution in [3.8, 4) is 5.75 Å². The number of rotatable bonds is 8. The molecule has 0 heterocycles. The summed E-state index contributed by atoms with van der Waals surface area (Å²) in [6.45, 7) is 2.45. The quantitative estimate of drug-likeness (QED) is 0.529. The lowest BCUT2D eigenvalue weighted by molar-refractivity contribution is 0.0784. The molecule has 0 spiro atoms. The Hall–Kier alpha value is -3.32. The van der Waals surface area contributed by atoms with Crippen molar-refractivity contribution >= 4 is 21.6 Å². The average molecular weight is 439 g/mol. The molecule has 3 aromatic carbocycles. The molecule has 0 aliphatic heterocycles. The van der Waals surface area contributed by atoms with Crippen LogP contribution in [0, 0.1) is 0 Å². The summed E-state index contributed by atoms with van der Waals surface area (Å²) in [6.07, 6.45) is 0. The van der Waals surface area contributed by atoms with Crippen LogP contribution in [-0.4, -0.2) is 39.9 Å². The van der Waals surface area contributed by atoms with Crippen molar-refractivity contribution in [2.45, 2.75) is 18.4 Å². The van der Waals surface area contributed by atoms with Gasteiger partial charge in [-0.15, -0.1) is 0 Å². The van der Waals surface area contributed by atoms with Gasteiger partial charge in [-0.3, -0.25) is 9.10 Å². The molecule has 0 radical (unpaired) electrons. The minimum Gasteiger partial charge on any atom is -0.496 e. The summed E-state index contributed by atoms with van der Waals surface area (Å²) < 4.78 is 32.7. The second kappa shape index (κ2) is 9.66. The zero-order valence-corrected chi connectivity index (χ0v) is 18.7. The minimum absolute atomic E-state index is 0.161. The molecule has 0 unspecified atom stereocenters. The van der Waals surface area contributed by atoms with Gasteiger partial charge in [0.2, 0.25) is 0 Å². The van der Waals surface area contributed by atoms with Crippen LogP contribution in [0.15, 0.2) is 83.8 Å². The first-order valence-corrected chi connectivity index (χ1v) is 11.4. The van der Waals surface area contributed by atoms with Crippen molar-refractivity contribution in [3.63, 3.8) is 0 Å². The van der Waals surface area contributed by atoms with Gasteiger partial charge >= 0.3 is 0 Å². The van der Waals surface area contributed by atoms with E-state index >= 15 is 0 Å². The first-order chi connectivity index (χ1) is 14.9. The Balaban J connectivity index is 1.79. The number of hydrogen-bond acceptors (Lipinski definition) is 4. The van der Waals surface area contributed by atoms with Crippen LogP contribution in [0.4, 0.5) is 5.69 Å². The van der Waals surface area contributed by atoms with E-state index in [1.807, 2.05) is 24.3 Å². The van der Waals surface area contributed by atoms with Crippen LogP contribution in [0.2, 0.25) is 0 Å². The van der Waals surface area contributed by atoms with Crippen molar-refractivity contribution in [2.75, 3.05) is 25.0 Å². The van der Waals surface area contributed by atoms with Gasteiger partial charge in [-0.2, -0.15) is 0 Å². The third kappa shape index (κ3) is 4.88. The van der Waals surface area contributed by atoms with E-state index in [4.69, 9.17) is 4.74 Å². The molecule has 31 heavy (non-hydrogen) atoms. The molecule has 0 fully saturated rings. The number of amides is 1. The van der Waals surface area contributed by atoms with Crippen LogP contribution < -0.4 is 9.04 Å². The maximum atomic E-state index is 13.0. The first-order valence-electron chi connectivity index (χ1n) is 9.93. The molecule has 7 heteroatoms. The molecule has 162 valence electrons. The summed E-state index contributed by atoms with van der Waals surface area (Å²) in [5, 5.41) is 0. The van der Waals surface area contributed by atoms with Gasteiger partial charge < -0.3 is 9.64 Å². The van der Waals surface area contributed by atoms with Crippen LogP contribution in [-0.2, 0) is 16.6 Å². The Morgan fingerprint density at radius 2 is 1.52 bits per heavy atom. The van der Waals surface area contributed by atoms with Crippen molar-refractivity contribution in [3.05, 3.63) is 90.0 Å². The molecule has 0 saturated heterocycles. The van der Waals surface area contributed by atoms with E-state index in [-0.39, 0.29) is 17.3 Å². The zero-order valence-electron chi connectivity index (χ0n) is 17.9. The number of carbonyl (C=O) groups is 1. The summed E-state index contributed by atoms with van der Waals surface area (Å²) in [5.41, 5.74) is 1.90. The van der Waals surface area contributed by atoms with E-state index in [9.17, 15) is 13.2 Å². The second-order valence-electron chi connectivity index (χ2n) is 7.00. The number of hydrogen-bond donors (Lipinski definition) is 0. The average Bonchev–Trinajstić information content (AvgIpc) is 2.80. The first kappa shape index (κ1) is 22.4. The predicted molar refractivity (Wildman–Crippen MR) is 122 cm³/mol. The van der Waals surface area contributed by atoms with Crippen molar-refractivity contribution in [2.24, 2.45) is 0 Å². The number of carbonyl (C=O) groups excluding carboxylic acids is 1. The van der Waals surface area contributed by atoms with E-state index in [0.29, 0.717) is 17.8 Å². The SMILES string of the molecule is CCN(c1ccc(C(=O)N(C)Cc2ccccc2OC)cc1)S(=O)(=O)c1ccccc1. The third-order valence-corrected chi connectivity index (χ3v) is 6.88. The minimum atomic E-state index is -3.68. The van der Waals surface area contributed by atoms with Crippen LogP contribution in [0.25, 0.3) is 0 Å². The van der Waals surface area contributed by atoms with Gasteiger partial charge in [0.1, 0.15) is 5.75 Å². The number of methoxy groups -OCH3 is 1. The molecule has 0 saturated carbocycles. The van der Waals surface area contributed by atoms with Crippen molar-refractivity contribution in [1.29, 1.82) is 0 Å². The molecule has 0 N–H and O–H groups in total. The van der Waals surface area contributed by atoms with Gasteiger partial charge in [0.25, 0.3) is 15.9 Å². The standard InChI is InChI=1S/C24H26N2O4S/c1-4-26(31(28,29)22-11-6-5-7-12-22)21-16-14-19(15-17-21)24(27)25(2)18-20-10-8-9-13-23(20)30-3/h5-17H,4,18H2,1-3H3. The molecule has 0 bridgehead atoms. The van der Waals surface area contributed by atoms with Crippen molar-refractivity contribution in [1.82, 2.24) is 4.90 Å². The Morgan fingerprint density at radius 1 is 0.903 bits per heavy atom. The number of nitrogens with zero attached hydrogens (tertiary/aromatic N) is 2. The summed E-state index contributed by atoms with van der Waals surface area (Å²) in [5.74, 6) is 0.564. The molecule has 3 rings (SSSR count). The highest BCUT2D eigenvalue weighted by Crippen LogP contribution is 2.25. The third-order valence-electron chi connectivity index (χ3n) is 4.97. The highest BCUT2D eigenvalue weighted by atomic mass is 32.2. The molecule has 0 atom stereocenters. The molecule has 6 nitrogen and oxygen atoms in total. The fourth-order valence-electron chi connectivity index (χ4n) is 3.36. The summed E-state index contributed by atoms with van der Waals surface area (Å²) in [6, 6.07) is 22.5. The topological polar surface area (TPSA) is 66.9 Å². The lowest BCUT2D eigenvalue weighted by Crippen LogP contribution is -2.31. The summed E-state index contributed by atoms with van der Waals surface area (Å²) in [4.78, 5) is 14.7. The number of ether oxygens (including phenoxy) is 1. The van der Waals surface area contributed by atoms with Gasteiger partial charge in [-0.25, -0.2) is 8.42 Å². The summed E-state index contributed by atoms with van der Waals surface area (Å²) >= 11 is 0. The number of para-hydroxylation sites is 1. The fourth-order valence-corrected chi connectivity index (χ4v) is 4.86. The van der Waals surface area contributed by atoms with Crippen LogP contribution >= 0.6 is 0 Å². The lowest BCUT2D eigenvalue weighted by atomic mass is 10.1. The molecular weight excluding hydrogens is 412 g/mol. The number of benzene rings is 3. The number of anilines is 1. The van der Waals surface area contributed by atoms with Gasteiger partial charge in [0, 0.05) is 31.3 Å². The maximum Gasteiger partial charge on any atom is 0.264 e. The second-order valence-corrected chi connectivity index (χ2v) is 8.87. The van der Waals surface area contributed by atoms with Crippen LogP contribution in [0.5, 0.6) is 5.75 Å². The summed E-state index contributed by atoms with van der Waals surface area (Å²) in [7, 11) is -0.355. The fraction of sp³-hybridized carbons (Fsp3) is 0.208. The molecule has 1 amide bonds. The smallest absolute Gasteiger partial charge is 0.264 e. The van der Waals surface area contributed by atoms with Gasteiger partial charge in [-0.05, 0) is 49.4 Å². The Bertz CT molecular complexity index is 1130. The Morgan fingerprint density at radius 3 is 2.13 bits per heavy atom. The van der Waals surface area contributed by atoms with Crippen LogP contribution in [0.1, 0.15) is 22.8 Å². The monoisotopic (exact) mass is 438 g/mol. The predicted octanol–water partition coefficient (Wildman–Crippen LogP) is 4.18. The molecular formula is C24H26N2O4S. The van der Waals surface area contributed by atoms with E-state index < -0.39 is 10.0 Å². The highest BCUT2D eigenvalue weighted by molar-refractivity contribution is 7.92. The van der Waals surface area contributed by atoms with Gasteiger partial charge in [0.05, 0.1) is 17.7 Å². The van der Waals surface area contributed by atoms with E-state index in [1.54, 1.807) is 80.6 Å². The van der Waals surface area contributed by atoms with Gasteiger partial charge in [0.15, 0.2) is 0 Å². The Labute approximate surface area is 183 Å². The molecule has 0 aliphatic rings. The Kier molecular flexibility index (Phi) is 6.97. The van der Waals surface area contributed by atoms with Gasteiger partial charge in [-0.1, -0.05) is 36.4 Å². The largest absolute Gasteiger partial charge is 0.496 e. The van der Waals surface area contributed by atoms with E-state index in [0.717, 1.165) is 11.3 Å². The molecule has 0 aliphatic carbocycles. The molecule has 3 aromatic rings. The highest BCUT2D eigenvalue weighted by Gasteiger charge is 2.23. The number of sulfonamides is 1. The van der Waals surface area contributed by atoms with Crippen LogP contribution in [0.3, 0.4) is 0 Å².